The smallest absolute Gasteiger partial charge is 0.410 e. The Morgan fingerprint density at radius 3 is 2.49 bits per heavy atom. The number of likely N-dealkylation sites (tertiary alicyclic amines) is 2. The van der Waals surface area contributed by atoms with Gasteiger partial charge in [0, 0.05) is 49.7 Å². The first-order chi connectivity index (χ1) is 20.3. The van der Waals surface area contributed by atoms with Gasteiger partial charge in [0.2, 0.25) is 17.6 Å². The Morgan fingerprint density at radius 2 is 1.81 bits per heavy atom. The van der Waals surface area contributed by atoms with Gasteiger partial charge in [-0.3, -0.25) is 4.79 Å². The molecule has 0 bridgehead atoms. The van der Waals surface area contributed by atoms with Gasteiger partial charge in [-0.25, -0.2) is 24.1 Å². The third kappa shape index (κ3) is 5.41. The van der Waals surface area contributed by atoms with Crippen molar-refractivity contribution < 1.29 is 23.5 Å². The van der Waals surface area contributed by atoms with E-state index < -0.39 is 28.8 Å². The highest BCUT2D eigenvalue weighted by molar-refractivity contribution is 5.89. The molecule has 3 fully saturated rings. The minimum Gasteiger partial charge on any atom is -0.444 e. The summed E-state index contributed by atoms with van der Waals surface area (Å²) in [6.45, 7) is 12.1. The number of morpholine rings is 1. The molecule has 13 nitrogen and oxygen atoms in total. The van der Waals surface area contributed by atoms with Crippen LogP contribution in [0, 0.1) is 0 Å². The summed E-state index contributed by atoms with van der Waals surface area (Å²) in [5.41, 5.74) is 4.98. The Labute approximate surface area is 250 Å². The van der Waals surface area contributed by atoms with E-state index in [4.69, 9.17) is 25.2 Å². The van der Waals surface area contributed by atoms with Crippen LogP contribution in [0.1, 0.15) is 46.6 Å². The van der Waals surface area contributed by atoms with Gasteiger partial charge >= 0.3 is 6.09 Å². The fourth-order valence-corrected chi connectivity index (χ4v) is 6.39. The first-order valence-corrected chi connectivity index (χ1v) is 14.8. The highest BCUT2D eigenvalue weighted by Gasteiger charge is 2.57. The summed E-state index contributed by atoms with van der Waals surface area (Å²) in [6, 6.07) is 0.0933. The second-order valence-corrected chi connectivity index (χ2v) is 13.3. The maximum atomic E-state index is 15.7. The highest BCUT2D eigenvalue weighted by atomic mass is 19.1. The number of anilines is 3. The van der Waals surface area contributed by atoms with Gasteiger partial charge in [0.05, 0.1) is 43.6 Å². The third-order valence-electron chi connectivity index (χ3n) is 8.69. The number of rotatable bonds is 4. The zero-order valence-electron chi connectivity index (χ0n) is 25.5. The monoisotopic (exact) mass is 597 g/mol. The number of carbonyl (C=O) groups is 2. The van der Waals surface area contributed by atoms with Crippen LogP contribution in [-0.2, 0) is 20.7 Å². The van der Waals surface area contributed by atoms with Crippen LogP contribution in [0.5, 0.6) is 0 Å². The van der Waals surface area contributed by atoms with Crippen LogP contribution in [0.15, 0.2) is 12.4 Å². The van der Waals surface area contributed by atoms with Crippen molar-refractivity contribution in [2.45, 2.75) is 70.3 Å². The molecule has 2 aromatic rings. The summed E-state index contributed by atoms with van der Waals surface area (Å²) in [4.78, 5) is 51.4. The van der Waals surface area contributed by atoms with E-state index in [1.165, 1.54) is 4.90 Å². The van der Waals surface area contributed by atoms with Crippen LogP contribution in [0.4, 0.5) is 26.9 Å². The molecule has 6 heterocycles. The van der Waals surface area contributed by atoms with E-state index in [2.05, 4.69) is 33.6 Å². The van der Waals surface area contributed by atoms with Gasteiger partial charge < -0.3 is 34.8 Å². The van der Waals surface area contributed by atoms with Crippen molar-refractivity contribution in [3.63, 3.8) is 0 Å². The molecule has 0 aliphatic carbocycles. The highest BCUT2D eigenvalue weighted by Crippen LogP contribution is 2.42. The Kier molecular flexibility index (Phi) is 7.09. The second-order valence-electron chi connectivity index (χ2n) is 13.3. The average molecular weight is 598 g/mol. The number of hydrogen-bond acceptors (Lipinski definition) is 11. The van der Waals surface area contributed by atoms with E-state index in [9.17, 15) is 9.59 Å². The number of hydrogen-bond donors (Lipinski definition) is 1. The zero-order chi connectivity index (χ0) is 30.7. The van der Waals surface area contributed by atoms with Crippen molar-refractivity contribution in [3.8, 4) is 11.3 Å². The number of ether oxygens (including phenoxy) is 2. The topological polar surface area (TPSA) is 143 Å². The largest absolute Gasteiger partial charge is 0.444 e. The summed E-state index contributed by atoms with van der Waals surface area (Å²) in [6.07, 6.45) is 4.10. The molecule has 2 amide bonds. The Balaban J connectivity index is 1.24. The van der Waals surface area contributed by atoms with Gasteiger partial charge in [0.15, 0.2) is 0 Å². The lowest BCUT2D eigenvalue weighted by Gasteiger charge is -2.45. The molecule has 43 heavy (non-hydrogen) atoms. The van der Waals surface area contributed by atoms with Gasteiger partial charge in [-0.15, -0.1) is 0 Å². The van der Waals surface area contributed by atoms with Gasteiger partial charge in [-0.1, -0.05) is 0 Å². The van der Waals surface area contributed by atoms with Crippen LogP contribution < -0.4 is 15.5 Å². The van der Waals surface area contributed by atoms with E-state index in [-0.39, 0.29) is 25.1 Å². The SMILES string of the molecule is C[C@H]1COCCN1c1nc(-c2cnc(N)nc2)c2c(n1)N([C@]1(C)CCN(C(=O)C3(F)CN(C(=O)OC(C)(C)C)C3)C1)CC2. The summed E-state index contributed by atoms with van der Waals surface area (Å²) in [5, 5.41) is 0. The molecule has 0 unspecified atom stereocenters. The summed E-state index contributed by atoms with van der Waals surface area (Å²) in [7, 11) is 0. The van der Waals surface area contributed by atoms with Gasteiger partial charge in [-0.2, -0.15) is 4.98 Å². The predicted octanol–water partition coefficient (Wildman–Crippen LogP) is 2.05. The quantitative estimate of drug-likeness (QED) is 0.553. The van der Waals surface area contributed by atoms with Crippen LogP contribution in [0.3, 0.4) is 0 Å². The molecule has 0 aromatic carbocycles. The average Bonchev–Trinajstić information content (AvgIpc) is 3.55. The molecule has 6 rings (SSSR count). The number of nitrogens with zero attached hydrogens (tertiary/aromatic N) is 8. The van der Waals surface area contributed by atoms with Crippen LogP contribution in [0.25, 0.3) is 11.3 Å². The third-order valence-corrected chi connectivity index (χ3v) is 8.69. The van der Waals surface area contributed by atoms with E-state index >= 15 is 4.39 Å². The van der Waals surface area contributed by atoms with Gasteiger partial charge in [0.25, 0.3) is 5.91 Å². The number of nitrogens with two attached hydrogens (primary N) is 1. The number of halogens is 1. The molecule has 3 saturated heterocycles. The van der Waals surface area contributed by atoms with Crippen LogP contribution >= 0.6 is 0 Å². The number of alkyl halides is 1. The fraction of sp³-hybridized carbons (Fsp3) is 0.655. The molecule has 0 saturated carbocycles. The molecule has 232 valence electrons. The van der Waals surface area contributed by atoms with Crippen LogP contribution in [0.2, 0.25) is 0 Å². The van der Waals surface area contributed by atoms with Crippen molar-refractivity contribution in [1.29, 1.82) is 0 Å². The van der Waals surface area contributed by atoms with Gasteiger partial charge in [-0.05, 0) is 47.5 Å². The molecule has 0 spiro atoms. The van der Waals surface area contributed by atoms with E-state index in [0.717, 1.165) is 22.6 Å². The minimum absolute atomic E-state index is 0.0933. The number of carbonyl (C=O) groups excluding carboxylic acids is 2. The first-order valence-electron chi connectivity index (χ1n) is 14.8. The molecule has 2 atom stereocenters. The maximum Gasteiger partial charge on any atom is 0.410 e. The minimum atomic E-state index is -2.12. The number of amides is 2. The lowest BCUT2D eigenvalue weighted by atomic mass is 9.94. The Morgan fingerprint density at radius 1 is 1.09 bits per heavy atom. The Bertz CT molecular complexity index is 1410. The standard InChI is InChI=1S/C29H40FN9O4/c1-18-14-42-11-10-38(18)25-34-21(19-12-32-24(31)33-13-19)20-6-8-39(22(20)35-25)28(5)7-9-36(15-28)23(40)29(30)16-37(17-29)26(41)43-27(2,3)4/h12-13,18H,6-11,14-17H2,1-5H3,(H2,31,32,33)/t18-,28+/m0/s1. The molecular formula is C29H40FN9O4. The van der Waals surface area contributed by atoms with Crippen molar-refractivity contribution in [2.75, 3.05) is 68.0 Å². The first kappa shape index (κ1) is 29.3. The van der Waals surface area contributed by atoms with Crippen molar-refractivity contribution >= 4 is 29.7 Å². The number of fused-ring (bicyclic) bond motifs is 1. The summed E-state index contributed by atoms with van der Waals surface area (Å²) >= 11 is 0. The number of aromatic nitrogens is 4. The lowest BCUT2D eigenvalue weighted by Crippen LogP contribution is -2.68. The maximum absolute atomic E-state index is 15.7. The zero-order valence-corrected chi connectivity index (χ0v) is 25.5. The molecule has 2 aromatic heterocycles. The van der Waals surface area contributed by atoms with Crippen molar-refractivity contribution in [3.05, 3.63) is 18.0 Å². The van der Waals surface area contributed by atoms with Crippen LogP contribution in [-0.4, -0.2) is 117 Å². The molecule has 2 N–H and O–H groups in total. The lowest BCUT2D eigenvalue weighted by molar-refractivity contribution is -0.154. The predicted molar refractivity (Wildman–Crippen MR) is 157 cm³/mol. The van der Waals surface area contributed by atoms with Crippen molar-refractivity contribution in [1.82, 2.24) is 29.7 Å². The Hall–Kier alpha value is -3.81. The van der Waals surface area contributed by atoms with E-state index in [1.54, 1.807) is 38.1 Å². The fourth-order valence-electron chi connectivity index (χ4n) is 6.39. The van der Waals surface area contributed by atoms with Gasteiger partial charge in [0.1, 0.15) is 11.4 Å². The number of nitrogen functional groups attached to an aromatic ring is 1. The normalized spacial score (nSPS) is 25.0. The second kappa shape index (κ2) is 10.4. The molecular weight excluding hydrogens is 557 g/mol. The molecule has 4 aliphatic rings. The summed E-state index contributed by atoms with van der Waals surface area (Å²) in [5.74, 6) is 1.01. The molecule has 0 radical (unpaired) electrons. The van der Waals surface area contributed by atoms with E-state index in [0.29, 0.717) is 58.2 Å². The van der Waals surface area contributed by atoms with Crippen molar-refractivity contribution in [2.24, 2.45) is 0 Å². The molecule has 14 heteroatoms. The summed E-state index contributed by atoms with van der Waals surface area (Å²) < 4.78 is 26.7. The van der Waals surface area contributed by atoms with E-state index in [1.807, 2.05) is 0 Å². The molecule has 4 aliphatic heterocycles.